The number of benzene rings is 1. The summed E-state index contributed by atoms with van der Waals surface area (Å²) in [6.45, 7) is 7.87. The number of amides is 2. The van der Waals surface area contributed by atoms with Gasteiger partial charge >= 0.3 is 6.03 Å². The smallest absolute Gasteiger partial charge is 0.317 e. The Bertz CT molecular complexity index is 496. The summed E-state index contributed by atoms with van der Waals surface area (Å²) in [5.41, 5.74) is 3.78. The van der Waals surface area contributed by atoms with Crippen LogP contribution in [0.1, 0.15) is 36.5 Å². The quantitative estimate of drug-likeness (QED) is 0.898. The van der Waals surface area contributed by atoms with E-state index in [1.165, 1.54) is 16.7 Å². The maximum Gasteiger partial charge on any atom is 0.317 e. The second-order valence-electron chi connectivity index (χ2n) is 6.69. The second kappa shape index (κ2) is 7.63. The third kappa shape index (κ3) is 4.73. The molecule has 0 aromatic heterocycles. The molecular formula is C18H28N2O2. The normalized spacial score (nSPS) is 19.8. The molecule has 1 fully saturated rings. The summed E-state index contributed by atoms with van der Waals surface area (Å²) in [4.78, 5) is 14.2. The van der Waals surface area contributed by atoms with E-state index < -0.39 is 0 Å². The number of nitrogens with zero attached hydrogens (tertiary/aromatic N) is 1. The van der Waals surface area contributed by atoms with Crippen molar-refractivity contribution >= 4 is 6.03 Å². The van der Waals surface area contributed by atoms with Gasteiger partial charge in [0.05, 0.1) is 0 Å². The summed E-state index contributed by atoms with van der Waals surface area (Å²) in [6, 6.07) is 6.62. The standard InChI is InChI=1S/C18H28N2O2/c1-13-7-14(2)9-17(8-13)10-15(3)19-18(22)20-6-4-5-16(11-20)12-21/h7-9,15-16,21H,4-6,10-12H2,1-3H3,(H,19,22)/t15-,16+/m0/s1. The minimum absolute atomic E-state index is 0.00461. The van der Waals surface area contributed by atoms with E-state index in [1.807, 2.05) is 11.8 Å². The fourth-order valence-electron chi connectivity index (χ4n) is 3.29. The van der Waals surface area contributed by atoms with Crippen LogP contribution >= 0.6 is 0 Å². The SMILES string of the molecule is Cc1cc(C)cc(C[C@H](C)NC(=O)N2CCC[C@@H](CO)C2)c1. The number of hydrogen-bond donors (Lipinski definition) is 2. The highest BCUT2D eigenvalue weighted by molar-refractivity contribution is 5.74. The van der Waals surface area contributed by atoms with Gasteiger partial charge in [0.2, 0.25) is 0 Å². The minimum atomic E-state index is -0.00461. The lowest BCUT2D eigenvalue weighted by Crippen LogP contribution is -2.49. The van der Waals surface area contributed by atoms with Crippen LogP contribution < -0.4 is 5.32 Å². The first-order valence-electron chi connectivity index (χ1n) is 8.21. The molecule has 1 aromatic carbocycles. The van der Waals surface area contributed by atoms with E-state index in [0.29, 0.717) is 6.54 Å². The van der Waals surface area contributed by atoms with Crippen LogP contribution in [0.4, 0.5) is 4.79 Å². The van der Waals surface area contributed by atoms with Gasteiger partial charge in [0.25, 0.3) is 0 Å². The van der Waals surface area contributed by atoms with Gasteiger partial charge in [-0.25, -0.2) is 4.79 Å². The van der Waals surface area contributed by atoms with E-state index in [2.05, 4.69) is 37.4 Å². The Balaban J connectivity index is 1.88. The Morgan fingerprint density at radius 2 is 2.05 bits per heavy atom. The van der Waals surface area contributed by atoms with Gasteiger partial charge in [-0.1, -0.05) is 29.3 Å². The zero-order valence-corrected chi connectivity index (χ0v) is 13.9. The molecule has 0 aliphatic carbocycles. The van der Waals surface area contributed by atoms with Gasteiger partial charge in [-0.3, -0.25) is 0 Å². The van der Waals surface area contributed by atoms with Gasteiger partial charge in [-0.2, -0.15) is 0 Å². The van der Waals surface area contributed by atoms with Crippen molar-refractivity contribution in [3.63, 3.8) is 0 Å². The van der Waals surface area contributed by atoms with Gasteiger partial charge in [0.1, 0.15) is 0 Å². The van der Waals surface area contributed by atoms with Crippen molar-refractivity contribution in [2.75, 3.05) is 19.7 Å². The molecule has 0 bridgehead atoms. The highest BCUT2D eigenvalue weighted by Crippen LogP contribution is 2.16. The maximum atomic E-state index is 12.3. The van der Waals surface area contributed by atoms with Crippen molar-refractivity contribution in [3.8, 4) is 0 Å². The first-order valence-corrected chi connectivity index (χ1v) is 8.21. The molecule has 1 aliphatic heterocycles. The van der Waals surface area contributed by atoms with E-state index in [1.54, 1.807) is 0 Å². The molecule has 0 unspecified atom stereocenters. The number of urea groups is 1. The number of aliphatic hydroxyl groups excluding tert-OH is 1. The van der Waals surface area contributed by atoms with E-state index >= 15 is 0 Å². The first kappa shape index (κ1) is 16.8. The number of carbonyl (C=O) groups is 1. The number of piperidine rings is 1. The van der Waals surface area contributed by atoms with E-state index in [9.17, 15) is 9.90 Å². The molecule has 0 spiro atoms. The van der Waals surface area contributed by atoms with Crippen LogP contribution in [-0.2, 0) is 6.42 Å². The Hall–Kier alpha value is -1.55. The zero-order valence-electron chi connectivity index (χ0n) is 13.9. The summed E-state index contributed by atoms with van der Waals surface area (Å²) < 4.78 is 0. The van der Waals surface area contributed by atoms with Crippen molar-refractivity contribution in [2.45, 2.75) is 46.1 Å². The van der Waals surface area contributed by atoms with Crippen molar-refractivity contribution in [3.05, 3.63) is 34.9 Å². The summed E-state index contributed by atoms with van der Waals surface area (Å²) in [7, 11) is 0. The molecule has 4 nitrogen and oxygen atoms in total. The highest BCUT2D eigenvalue weighted by atomic mass is 16.3. The molecule has 2 amide bonds. The summed E-state index contributed by atoms with van der Waals surface area (Å²) >= 11 is 0. The fraction of sp³-hybridized carbons (Fsp3) is 0.611. The number of carbonyl (C=O) groups excluding carboxylic acids is 1. The Morgan fingerprint density at radius 1 is 1.36 bits per heavy atom. The topological polar surface area (TPSA) is 52.6 Å². The summed E-state index contributed by atoms with van der Waals surface area (Å²) in [5.74, 6) is 0.231. The second-order valence-corrected chi connectivity index (χ2v) is 6.69. The fourth-order valence-corrected chi connectivity index (χ4v) is 3.29. The van der Waals surface area contributed by atoms with E-state index in [4.69, 9.17) is 0 Å². The van der Waals surface area contributed by atoms with Gasteiger partial charge in [-0.15, -0.1) is 0 Å². The number of aryl methyl sites for hydroxylation is 2. The number of nitrogens with one attached hydrogen (secondary N) is 1. The first-order chi connectivity index (χ1) is 10.5. The van der Waals surface area contributed by atoms with Crippen LogP contribution in [0, 0.1) is 19.8 Å². The molecule has 4 heteroatoms. The third-order valence-corrected chi connectivity index (χ3v) is 4.26. The van der Waals surface area contributed by atoms with Crippen molar-refractivity contribution in [2.24, 2.45) is 5.92 Å². The highest BCUT2D eigenvalue weighted by Gasteiger charge is 2.23. The van der Waals surface area contributed by atoms with Crippen LogP contribution in [0.15, 0.2) is 18.2 Å². The molecule has 0 saturated carbocycles. The zero-order chi connectivity index (χ0) is 16.1. The van der Waals surface area contributed by atoms with Crippen LogP contribution in [0.2, 0.25) is 0 Å². The Labute approximate surface area is 133 Å². The molecule has 2 atom stereocenters. The number of likely N-dealkylation sites (tertiary alicyclic amines) is 1. The monoisotopic (exact) mass is 304 g/mol. The molecule has 2 N–H and O–H groups in total. The lowest BCUT2D eigenvalue weighted by atomic mass is 9.99. The van der Waals surface area contributed by atoms with Crippen LogP contribution in [-0.4, -0.2) is 41.8 Å². The predicted octanol–water partition coefficient (Wildman–Crippen LogP) is 2.65. The lowest BCUT2D eigenvalue weighted by molar-refractivity contribution is 0.128. The minimum Gasteiger partial charge on any atom is -0.396 e. The predicted molar refractivity (Wildman–Crippen MR) is 89.0 cm³/mol. The largest absolute Gasteiger partial charge is 0.396 e. The lowest BCUT2D eigenvalue weighted by Gasteiger charge is -2.32. The third-order valence-electron chi connectivity index (χ3n) is 4.26. The molecule has 22 heavy (non-hydrogen) atoms. The molecule has 1 aliphatic rings. The van der Waals surface area contributed by atoms with Crippen molar-refractivity contribution in [1.29, 1.82) is 0 Å². The Kier molecular flexibility index (Phi) is 5.83. The average Bonchev–Trinajstić information content (AvgIpc) is 2.46. The molecule has 1 aromatic rings. The Morgan fingerprint density at radius 3 is 2.68 bits per heavy atom. The van der Waals surface area contributed by atoms with E-state index in [-0.39, 0.29) is 24.6 Å². The van der Waals surface area contributed by atoms with Crippen LogP contribution in [0.5, 0.6) is 0 Å². The molecule has 1 saturated heterocycles. The molecule has 122 valence electrons. The van der Waals surface area contributed by atoms with Crippen LogP contribution in [0.25, 0.3) is 0 Å². The number of hydrogen-bond acceptors (Lipinski definition) is 2. The number of rotatable bonds is 4. The van der Waals surface area contributed by atoms with E-state index in [0.717, 1.165) is 25.8 Å². The molecular weight excluding hydrogens is 276 g/mol. The maximum absolute atomic E-state index is 12.3. The number of aliphatic hydroxyl groups is 1. The molecule has 2 rings (SSSR count). The summed E-state index contributed by atoms with van der Waals surface area (Å²) in [5, 5.41) is 12.3. The van der Waals surface area contributed by atoms with Crippen molar-refractivity contribution in [1.82, 2.24) is 10.2 Å². The van der Waals surface area contributed by atoms with Gasteiger partial charge < -0.3 is 15.3 Å². The van der Waals surface area contributed by atoms with Crippen molar-refractivity contribution < 1.29 is 9.90 Å². The van der Waals surface area contributed by atoms with Crippen LogP contribution in [0.3, 0.4) is 0 Å². The van der Waals surface area contributed by atoms with Gasteiger partial charge in [0, 0.05) is 25.7 Å². The molecule has 0 radical (unpaired) electrons. The van der Waals surface area contributed by atoms with Gasteiger partial charge in [-0.05, 0) is 51.5 Å². The average molecular weight is 304 g/mol. The molecule has 1 heterocycles. The summed E-state index contributed by atoms with van der Waals surface area (Å²) in [6.07, 6.45) is 2.83. The van der Waals surface area contributed by atoms with Gasteiger partial charge in [0.15, 0.2) is 0 Å².